The molecule has 1 aromatic rings. The van der Waals surface area contributed by atoms with E-state index in [9.17, 15) is 0 Å². The first-order valence-corrected chi connectivity index (χ1v) is 8.48. The molecule has 0 spiro atoms. The van der Waals surface area contributed by atoms with Gasteiger partial charge < -0.3 is 14.5 Å². The molecule has 0 saturated carbocycles. The van der Waals surface area contributed by atoms with Crippen LogP contribution < -0.4 is 4.74 Å². The third kappa shape index (κ3) is 5.68. The van der Waals surface area contributed by atoms with E-state index in [4.69, 9.17) is 4.74 Å². The summed E-state index contributed by atoms with van der Waals surface area (Å²) >= 11 is 0. The fourth-order valence-electron chi connectivity index (χ4n) is 2.89. The molecule has 0 aromatic heterocycles. The van der Waals surface area contributed by atoms with Crippen LogP contribution in [0.25, 0.3) is 0 Å². The van der Waals surface area contributed by atoms with E-state index < -0.39 is 0 Å². The maximum atomic E-state index is 5.89. The number of piperazine rings is 1. The van der Waals surface area contributed by atoms with E-state index in [1.54, 1.807) is 0 Å². The quantitative estimate of drug-likeness (QED) is 0.684. The Labute approximate surface area is 129 Å². The molecule has 1 aliphatic rings. The average Bonchev–Trinajstić information content (AvgIpc) is 2.53. The summed E-state index contributed by atoms with van der Waals surface area (Å²) in [6.07, 6.45) is 3.44. The number of ether oxygens (including phenoxy) is 1. The molecule has 1 heterocycles. The second-order valence-electron chi connectivity index (χ2n) is 5.88. The van der Waals surface area contributed by atoms with Crippen LogP contribution in [0, 0.1) is 0 Å². The van der Waals surface area contributed by atoms with Crippen molar-refractivity contribution < 1.29 is 4.74 Å². The SMILES string of the molecule is CCCc1cccc(OCCCN2CCN(CC)CC2)c1. The van der Waals surface area contributed by atoms with E-state index in [0.717, 1.165) is 31.7 Å². The van der Waals surface area contributed by atoms with Crippen LogP contribution >= 0.6 is 0 Å². The van der Waals surface area contributed by atoms with Crippen molar-refractivity contribution in [1.82, 2.24) is 9.80 Å². The van der Waals surface area contributed by atoms with Crippen molar-refractivity contribution in [2.45, 2.75) is 33.1 Å². The Hall–Kier alpha value is -1.06. The summed E-state index contributed by atoms with van der Waals surface area (Å²) in [5.41, 5.74) is 1.38. The monoisotopic (exact) mass is 290 g/mol. The highest BCUT2D eigenvalue weighted by molar-refractivity contribution is 5.28. The lowest BCUT2D eigenvalue weighted by Crippen LogP contribution is -2.46. The smallest absolute Gasteiger partial charge is 0.119 e. The Morgan fingerprint density at radius 1 is 1.05 bits per heavy atom. The molecule has 2 rings (SSSR count). The van der Waals surface area contributed by atoms with Gasteiger partial charge in [0, 0.05) is 32.7 Å². The van der Waals surface area contributed by atoms with E-state index in [2.05, 4.69) is 47.9 Å². The minimum absolute atomic E-state index is 0.823. The predicted octanol–water partition coefficient (Wildman–Crippen LogP) is 3.05. The van der Waals surface area contributed by atoms with Crippen LogP contribution in [0.3, 0.4) is 0 Å². The lowest BCUT2D eigenvalue weighted by molar-refractivity contribution is 0.130. The van der Waals surface area contributed by atoms with Gasteiger partial charge in [0.15, 0.2) is 0 Å². The highest BCUT2D eigenvalue weighted by Crippen LogP contribution is 2.15. The van der Waals surface area contributed by atoms with Crippen molar-refractivity contribution in [1.29, 1.82) is 0 Å². The highest BCUT2D eigenvalue weighted by Gasteiger charge is 2.14. The predicted molar refractivity (Wildman–Crippen MR) is 89.1 cm³/mol. The molecule has 21 heavy (non-hydrogen) atoms. The van der Waals surface area contributed by atoms with Gasteiger partial charge >= 0.3 is 0 Å². The third-order valence-corrected chi connectivity index (χ3v) is 4.24. The minimum Gasteiger partial charge on any atom is -0.494 e. The second kappa shape index (κ2) is 9.06. The van der Waals surface area contributed by atoms with Crippen molar-refractivity contribution in [3.05, 3.63) is 29.8 Å². The van der Waals surface area contributed by atoms with Gasteiger partial charge in [-0.05, 0) is 37.1 Å². The molecule has 3 heteroatoms. The molecular formula is C18H30N2O. The first kappa shape index (κ1) is 16.3. The van der Waals surface area contributed by atoms with E-state index in [-0.39, 0.29) is 0 Å². The fourth-order valence-corrected chi connectivity index (χ4v) is 2.89. The maximum absolute atomic E-state index is 5.89. The Kier molecular flexibility index (Phi) is 7.04. The largest absolute Gasteiger partial charge is 0.494 e. The van der Waals surface area contributed by atoms with Crippen molar-refractivity contribution in [3.8, 4) is 5.75 Å². The number of likely N-dealkylation sites (N-methyl/N-ethyl adjacent to an activating group) is 1. The number of nitrogens with zero attached hydrogens (tertiary/aromatic N) is 2. The van der Waals surface area contributed by atoms with Crippen molar-refractivity contribution in [3.63, 3.8) is 0 Å². The third-order valence-electron chi connectivity index (χ3n) is 4.24. The van der Waals surface area contributed by atoms with Crippen LogP contribution in [0.2, 0.25) is 0 Å². The van der Waals surface area contributed by atoms with Crippen LogP contribution in [0.5, 0.6) is 5.75 Å². The molecule has 1 saturated heterocycles. The summed E-state index contributed by atoms with van der Waals surface area (Å²) in [5, 5.41) is 0. The van der Waals surface area contributed by atoms with E-state index in [0.29, 0.717) is 0 Å². The standard InChI is InChI=1S/C18H30N2O/c1-3-7-17-8-5-9-18(16-17)21-15-6-10-20-13-11-19(4-2)12-14-20/h5,8-9,16H,3-4,6-7,10-15H2,1-2H3. The molecule has 0 radical (unpaired) electrons. The average molecular weight is 290 g/mol. The number of hydrogen-bond acceptors (Lipinski definition) is 3. The molecule has 0 unspecified atom stereocenters. The first-order chi connectivity index (χ1) is 10.3. The van der Waals surface area contributed by atoms with Gasteiger partial charge in [-0.2, -0.15) is 0 Å². The van der Waals surface area contributed by atoms with Gasteiger partial charge in [-0.25, -0.2) is 0 Å². The molecule has 0 aliphatic carbocycles. The van der Waals surface area contributed by atoms with E-state index >= 15 is 0 Å². The number of aryl methyl sites for hydroxylation is 1. The summed E-state index contributed by atoms with van der Waals surface area (Å²) in [6.45, 7) is 12.5. The maximum Gasteiger partial charge on any atom is 0.119 e. The topological polar surface area (TPSA) is 15.7 Å². The molecule has 0 N–H and O–H groups in total. The van der Waals surface area contributed by atoms with Gasteiger partial charge in [0.25, 0.3) is 0 Å². The fraction of sp³-hybridized carbons (Fsp3) is 0.667. The molecule has 1 aromatic carbocycles. The molecule has 1 fully saturated rings. The first-order valence-electron chi connectivity index (χ1n) is 8.48. The van der Waals surface area contributed by atoms with Crippen LogP contribution in [-0.2, 0) is 6.42 Å². The molecule has 1 aliphatic heterocycles. The normalized spacial score (nSPS) is 17.0. The van der Waals surface area contributed by atoms with Crippen molar-refractivity contribution in [2.24, 2.45) is 0 Å². The number of benzene rings is 1. The molecular weight excluding hydrogens is 260 g/mol. The molecule has 0 atom stereocenters. The van der Waals surface area contributed by atoms with Crippen LogP contribution in [-0.4, -0.2) is 55.7 Å². The summed E-state index contributed by atoms with van der Waals surface area (Å²) in [6, 6.07) is 8.54. The summed E-state index contributed by atoms with van der Waals surface area (Å²) in [7, 11) is 0. The van der Waals surface area contributed by atoms with Crippen molar-refractivity contribution in [2.75, 3.05) is 45.9 Å². The zero-order chi connectivity index (χ0) is 14.9. The van der Waals surface area contributed by atoms with Crippen LogP contribution in [0.15, 0.2) is 24.3 Å². The highest BCUT2D eigenvalue weighted by atomic mass is 16.5. The zero-order valence-corrected chi connectivity index (χ0v) is 13.7. The lowest BCUT2D eigenvalue weighted by atomic mass is 10.1. The minimum atomic E-state index is 0.823. The Balaban J connectivity index is 1.62. The molecule has 118 valence electrons. The lowest BCUT2D eigenvalue weighted by Gasteiger charge is -2.33. The van der Waals surface area contributed by atoms with Gasteiger partial charge in [0.1, 0.15) is 5.75 Å². The van der Waals surface area contributed by atoms with Gasteiger partial charge in [-0.15, -0.1) is 0 Å². The van der Waals surface area contributed by atoms with E-state index in [1.165, 1.54) is 44.7 Å². The Bertz CT molecular complexity index is 400. The molecule has 3 nitrogen and oxygen atoms in total. The summed E-state index contributed by atoms with van der Waals surface area (Å²) < 4.78 is 5.89. The summed E-state index contributed by atoms with van der Waals surface area (Å²) in [4.78, 5) is 5.08. The molecule has 0 amide bonds. The second-order valence-corrected chi connectivity index (χ2v) is 5.88. The Morgan fingerprint density at radius 3 is 2.52 bits per heavy atom. The number of rotatable bonds is 8. The summed E-state index contributed by atoms with van der Waals surface area (Å²) in [5.74, 6) is 1.02. The Morgan fingerprint density at radius 2 is 1.81 bits per heavy atom. The van der Waals surface area contributed by atoms with E-state index in [1.807, 2.05) is 0 Å². The van der Waals surface area contributed by atoms with Crippen LogP contribution in [0.4, 0.5) is 0 Å². The van der Waals surface area contributed by atoms with Gasteiger partial charge in [-0.3, -0.25) is 0 Å². The molecule has 0 bridgehead atoms. The van der Waals surface area contributed by atoms with Crippen LogP contribution in [0.1, 0.15) is 32.3 Å². The van der Waals surface area contributed by atoms with Crippen molar-refractivity contribution >= 4 is 0 Å². The van der Waals surface area contributed by atoms with Gasteiger partial charge in [-0.1, -0.05) is 32.4 Å². The number of hydrogen-bond donors (Lipinski definition) is 0. The zero-order valence-electron chi connectivity index (χ0n) is 13.7. The van der Waals surface area contributed by atoms with Gasteiger partial charge in [0.2, 0.25) is 0 Å². The van der Waals surface area contributed by atoms with Gasteiger partial charge in [0.05, 0.1) is 6.61 Å².